The van der Waals surface area contributed by atoms with E-state index < -0.39 is 6.10 Å². The van der Waals surface area contributed by atoms with Crippen molar-refractivity contribution in [3.8, 4) is 0 Å². The van der Waals surface area contributed by atoms with Gasteiger partial charge in [-0.05, 0) is 30.0 Å². The largest absolute Gasteiger partial charge is 0.382 e. The maximum Gasteiger partial charge on any atom is 0.167 e. The van der Waals surface area contributed by atoms with E-state index in [0.29, 0.717) is 5.02 Å². The fraction of sp³-hybridized carbons (Fsp3) is 0.471. The Labute approximate surface area is 141 Å². The maximum atomic E-state index is 10.5. The highest BCUT2D eigenvalue weighted by Crippen LogP contribution is 2.27. The average molecular weight is 339 g/mol. The number of imidazole rings is 1. The third kappa shape index (κ3) is 4.51. The van der Waals surface area contributed by atoms with Crippen LogP contribution in [0.1, 0.15) is 44.1 Å². The van der Waals surface area contributed by atoms with E-state index in [4.69, 9.17) is 11.6 Å². The summed E-state index contributed by atoms with van der Waals surface area (Å²) in [6, 6.07) is 7.26. The summed E-state index contributed by atoms with van der Waals surface area (Å²) in [4.78, 5) is 4.44. The van der Waals surface area contributed by atoms with E-state index in [1.165, 1.54) is 12.8 Å². The lowest BCUT2D eigenvalue weighted by atomic mass is 10.1. The monoisotopic (exact) mass is 338 g/mol. The van der Waals surface area contributed by atoms with Crippen LogP contribution in [0.4, 0.5) is 0 Å². The van der Waals surface area contributed by atoms with E-state index in [2.05, 4.69) is 18.8 Å². The fourth-order valence-corrected chi connectivity index (χ4v) is 3.31. The fourth-order valence-electron chi connectivity index (χ4n) is 2.26. The Morgan fingerprint density at radius 1 is 1.27 bits per heavy atom. The SMILES string of the molecule is CC(C)CCCSc1ncc(C(O)c2ccc(Cl)cc2)n1C. The number of rotatable bonds is 7. The van der Waals surface area contributed by atoms with Crippen molar-refractivity contribution in [2.24, 2.45) is 13.0 Å². The van der Waals surface area contributed by atoms with Crippen molar-refractivity contribution in [2.45, 2.75) is 37.9 Å². The molecule has 0 saturated heterocycles. The van der Waals surface area contributed by atoms with E-state index in [1.807, 2.05) is 23.7 Å². The third-order valence-corrected chi connectivity index (χ3v) is 4.99. The van der Waals surface area contributed by atoms with Gasteiger partial charge in [-0.15, -0.1) is 0 Å². The molecular weight excluding hydrogens is 316 g/mol. The summed E-state index contributed by atoms with van der Waals surface area (Å²) in [7, 11) is 1.95. The maximum absolute atomic E-state index is 10.5. The number of benzene rings is 1. The van der Waals surface area contributed by atoms with Crippen molar-refractivity contribution >= 4 is 23.4 Å². The van der Waals surface area contributed by atoms with E-state index >= 15 is 0 Å². The number of thioether (sulfide) groups is 1. The van der Waals surface area contributed by atoms with Crippen LogP contribution in [-0.2, 0) is 7.05 Å². The summed E-state index contributed by atoms with van der Waals surface area (Å²) in [5.41, 5.74) is 1.62. The number of hydrogen-bond donors (Lipinski definition) is 1. The minimum atomic E-state index is -0.681. The first kappa shape index (κ1) is 17.4. The Balaban J connectivity index is 2.02. The first-order chi connectivity index (χ1) is 10.5. The van der Waals surface area contributed by atoms with Crippen LogP contribution in [0.3, 0.4) is 0 Å². The molecule has 0 aliphatic heterocycles. The molecule has 0 saturated carbocycles. The number of halogens is 1. The van der Waals surface area contributed by atoms with E-state index in [1.54, 1.807) is 30.1 Å². The molecule has 2 rings (SSSR count). The van der Waals surface area contributed by atoms with Crippen molar-refractivity contribution in [2.75, 3.05) is 5.75 Å². The zero-order chi connectivity index (χ0) is 16.1. The highest BCUT2D eigenvalue weighted by Gasteiger charge is 2.16. The molecule has 22 heavy (non-hydrogen) atoms. The molecule has 0 spiro atoms. The molecule has 120 valence electrons. The molecule has 0 radical (unpaired) electrons. The molecule has 1 aromatic heterocycles. The standard InChI is InChI=1S/C17H23ClN2OS/c1-12(2)5-4-10-22-17-19-11-15(20(17)3)16(21)13-6-8-14(18)9-7-13/h6-9,11-12,16,21H,4-5,10H2,1-3H3. The second-order valence-corrected chi connectivity index (χ2v) is 7.36. The minimum absolute atomic E-state index is 0.669. The summed E-state index contributed by atoms with van der Waals surface area (Å²) in [5, 5.41) is 12.1. The van der Waals surface area contributed by atoms with Gasteiger partial charge in [-0.3, -0.25) is 0 Å². The summed E-state index contributed by atoms with van der Waals surface area (Å²) >= 11 is 7.63. The topological polar surface area (TPSA) is 38.1 Å². The lowest BCUT2D eigenvalue weighted by molar-refractivity contribution is 0.210. The molecule has 1 N–H and O–H groups in total. The number of nitrogens with zero attached hydrogens (tertiary/aromatic N) is 2. The summed E-state index contributed by atoms with van der Waals surface area (Å²) in [6.45, 7) is 4.48. The lowest BCUT2D eigenvalue weighted by Gasteiger charge is -2.13. The van der Waals surface area contributed by atoms with Crippen molar-refractivity contribution in [3.05, 3.63) is 46.7 Å². The lowest BCUT2D eigenvalue weighted by Crippen LogP contribution is -2.06. The van der Waals surface area contributed by atoms with E-state index in [-0.39, 0.29) is 0 Å². The number of hydrogen-bond acceptors (Lipinski definition) is 3. The first-order valence-electron chi connectivity index (χ1n) is 7.57. The van der Waals surface area contributed by atoms with Crippen molar-refractivity contribution < 1.29 is 5.11 Å². The van der Waals surface area contributed by atoms with Gasteiger partial charge in [-0.2, -0.15) is 0 Å². The van der Waals surface area contributed by atoms with Crippen molar-refractivity contribution in [3.63, 3.8) is 0 Å². The second kappa shape index (κ2) is 8.04. The predicted molar refractivity (Wildman–Crippen MR) is 93.5 cm³/mol. The van der Waals surface area contributed by atoms with Gasteiger partial charge in [0, 0.05) is 17.8 Å². The number of aromatic nitrogens is 2. The van der Waals surface area contributed by atoms with Gasteiger partial charge in [0.25, 0.3) is 0 Å². The highest BCUT2D eigenvalue weighted by atomic mass is 35.5. The minimum Gasteiger partial charge on any atom is -0.382 e. The Bertz CT molecular complexity index is 595. The zero-order valence-electron chi connectivity index (χ0n) is 13.3. The average Bonchev–Trinajstić information content (AvgIpc) is 2.85. The van der Waals surface area contributed by atoms with E-state index in [9.17, 15) is 5.11 Å². The van der Waals surface area contributed by atoms with Crippen LogP contribution in [0.15, 0.2) is 35.6 Å². The van der Waals surface area contributed by atoms with Gasteiger partial charge in [0.2, 0.25) is 0 Å². The summed E-state index contributed by atoms with van der Waals surface area (Å²) in [5.74, 6) is 1.80. The molecular formula is C17H23ClN2OS. The zero-order valence-corrected chi connectivity index (χ0v) is 14.9. The smallest absolute Gasteiger partial charge is 0.167 e. The van der Waals surface area contributed by atoms with E-state index in [0.717, 1.165) is 28.1 Å². The molecule has 1 unspecified atom stereocenters. The summed E-state index contributed by atoms with van der Waals surface area (Å²) < 4.78 is 1.97. The molecule has 0 amide bonds. The second-order valence-electron chi connectivity index (χ2n) is 5.86. The van der Waals surface area contributed by atoms with Crippen LogP contribution >= 0.6 is 23.4 Å². The van der Waals surface area contributed by atoms with Crippen molar-refractivity contribution in [1.29, 1.82) is 0 Å². The van der Waals surface area contributed by atoms with Crippen LogP contribution < -0.4 is 0 Å². The van der Waals surface area contributed by atoms with Gasteiger partial charge in [0.1, 0.15) is 6.10 Å². The molecule has 0 bridgehead atoms. The Kier molecular flexibility index (Phi) is 6.36. The molecule has 1 aromatic carbocycles. The predicted octanol–water partition coefficient (Wildman–Crippen LogP) is 4.68. The van der Waals surface area contributed by atoms with Gasteiger partial charge in [-0.25, -0.2) is 4.98 Å². The Hall–Kier alpha value is -0.970. The molecule has 3 nitrogen and oxygen atoms in total. The third-order valence-electron chi connectivity index (χ3n) is 3.60. The number of aliphatic hydroxyl groups excluding tert-OH is 1. The van der Waals surface area contributed by atoms with Crippen molar-refractivity contribution in [1.82, 2.24) is 9.55 Å². The Morgan fingerprint density at radius 3 is 2.59 bits per heavy atom. The first-order valence-corrected chi connectivity index (χ1v) is 8.93. The molecule has 2 aromatic rings. The summed E-state index contributed by atoms with van der Waals surface area (Å²) in [6.07, 6.45) is 3.49. The quantitative estimate of drug-likeness (QED) is 0.588. The normalized spacial score (nSPS) is 12.8. The van der Waals surface area contributed by atoms with Gasteiger partial charge in [0.15, 0.2) is 5.16 Å². The van der Waals surface area contributed by atoms with Crippen LogP contribution in [0.5, 0.6) is 0 Å². The Morgan fingerprint density at radius 2 is 1.95 bits per heavy atom. The van der Waals surface area contributed by atoms with Crippen LogP contribution in [-0.4, -0.2) is 20.4 Å². The molecule has 0 aliphatic carbocycles. The van der Waals surface area contributed by atoms with Gasteiger partial charge < -0.3 is 9.67 Å². The number of aliphatic hydroxyl groups is 1. The van der Waals surface area contributed by atoms with Gasteiger partial charge >= 0.3 is 0 Å². The van der Waals surface area contributed by atoms with Crippen LogP contribution in [0.25, 0.3) is 0 Å². The molecule has 1 atom stereocenters. The molecule has 5 heteroatoms. The van der Waals surface area contributed by atoms with Crippen LogP contribution in [0.2, 0.25) is 5.02 Å². The molecule has 0 fully saturated rings. The highest BCUT2D eigenvalue weighted by molar-refractivity contribution is 7.99. The van der Waals surface area contributed by atoms with Crippen LogP contribution in [0, 0.1) is 5.92 Å². The molecule has 0 aliphatic rings. The van der Waals surface area contributed by atoms with Gasteiger partial charge in [0.05, 0.1) is 11.9 Å². The molecule has 1 heterocycles. The van der Waals surface area contributed by atoms with Gasteiger partial charge in [-0.1, -0.05) is 55.8 Å².